The lowest BCUT2D eigenvalue weighted by molar-refractivity contribution is 0.0953. The predicted octanol–water partition coefficient (Wildman–Crippen LogP) is 1.19. The summed E-state index contributed by atoms with van der Waals surface area (Å²) in [6.45, 7) is 4.62. The first kappa shape index (κ1) is 17.4. The normalized spacial score (nSPS) is 13.0. The minimum atomic E-state index is -0.869. The fourth-order valence-electron chi connectivity index (χ4n) is 1.76. The number of aryl methyl sites for hydroxylation is 1. The second kappa shape index (κ2) is 8.60. The lowest BCUT2D eigenvalue weighted by Crippen LogP contribution is -2.28. The molecule has 1 rings (SSSR count). The third-order valence-corrected chi connectivity index (χ3v) is 4.52. The molecule has 0 saturated carbocycles. The van der Waals surface area contributed by atoms with Crippen LogP contribution in [0.4, 0.5) is 0 Å². The van der Waals surface area contributed by atoms with Crippen molar-refractivity contribution in [2.45, 2.75) is 25.5 Å². The zero-order valence-electron chi connectivity index (χ0n) is 12.7. The molecule has 4 nitrogen and oxygen atoms in total. The van der Waals surface area contributed by atoms with Crippen LogP contribution in [0.25, 0.3) is 0 Å². The smallest absolute Gasteiger partial charge is 0.252 e. The molecule has 0 aliphatic rings. The van der Waals surface area contributed by atoms with Crippen molar-refractivity contribution in [3.8, 4) is 11.8 Å². The van der Waals surface area contributed by atoms with Gasteiger partial charge in [0.05, 0.1) is 12.1 Å². The fourth-order valence-corrected chi connectivity index (χ4v) is 2.21. The Morgan fingerprint density at radius 1 is 1.48 bits per heavy atom. The van der Waals surface area contributed by atoms with Gasteiger partial charge in [-0.3, -0.25) is 9.00 Å². The number of benzene rings is 1. The van der Waals surface area contributed by atoms with E-state index in [-0.39, 0.29) is 17.7 Å². The lowest BCUT2D eigenvalue weighted by Gasteiger charge is -2.10. The molecule has 5 heteroatoms. The molecule has 1 amide bonds. The van der Waals surface area contributed by atoms with Crippen LogP contribution < -0.4 is 11.1 Å². The number of nitrogens with one attached hydrogen (secondary N) is 1. The van der Waals surface area contributed by atoms with E-state index in [1.807, 2.05) is 26.0 Å². The molecule has 0 aliphatic carbocycles. The summed E-state index contributed by atoms with van der Waals surface area (Å²) in [5.74, 6) is 5.54. The van der Waals surface area contributed by atoms with E-state index in [0.29, 0.717) is 24.1 Å². The molecule has 2 unspecified atom stereocenters. The Morgan fingerprint density at radius 2 is 2.19 bits per heavy atom. The van der Waals surface area contributed by atoms with Gasteiger partial charge < -0.3 is 11.1 Å². The lowest BCUT2D eigenvalue weighted by atomic mass is 10.0. The average Bonchev–Trinajstić information content (AvgIpc) is 2.44. The van der Waals surface area contributed by atoms with Crippen LogP contribution in [0.15, 0.2) is 18.2 Å². The second-order valence-corrected chi connectivity index (χ2v) is 6.71. The van der Waals surface area contributed by atoms with Gasteiger partial charge in [-0.2, -0.15) is 0 Å². The van der Waals surface area contributed by atoms with E-state index < -0.39 is 10.8 Å². The summed E-state index contributed by atoms with van der Waals surface area (Å²) in [6.07, 6.45) is 2.36. The minimum absolute atomic E-state index is 0.0693. The Kier molecular flexibility index (Phi) is 7.13. The van der Waals surface area contributed by atoms with Crippen molar-refractivity contribution in [2.24, 2.45) is 5.73 Å². The third-order valence-electron chi connectivity index (χ3n) is 3.15. The monoisotopic (exact) mass is 306 g/mol. The highest BCUT2D eigenvalue weighted by molar-refractivity contribution is 7.84. The molecule has 114 valence electrons. The van der Waals surface area contributed by atoms with Crippen molar-refractivity contribution in [2.75, 3.05) is 19.3 Å². The molecule has 0 saturated heterocycles. The highest BCUT2D eigenvalue weighted by Gasteiger charge is 2.11. The highest BCUT2D eigenvalue weighted by atomic mass is 32.2. The van der Waals surface area contributed by atoms with Crippen molar-refractivity contribution < 1.29 is 9.00 Å². The zero-order chi connectivity index (χ0) is 15.8. The Bertz CT molecular complexity index is 588. The van der Waals surface area contributed by atoms with Gasteiger partial charge >= 0.3 is 0 Å². The Hall–Kier alpha value is -1.64. The zero-order valence-corrected chi connectivity index (χ0v) is 13.5. The minimum Gasteiger partial charge on any atom is -0.352 e. The predicted molar refractivity (Wildman–Crippen MR) is 87.6 cm³/mol. The summed E-state index contributed by atoms with van der Waals surface area (Å²) in [6, 6.07) is 5.53. The van der Waals surface area contributed by atoms with Crippen LogP contribution >= 0.6 is 0 Å². The summed E-state index contributed by atoms with van der Waals surface area (Å²) in [4.78, 5) is 12.2. The van der Waals surface area contributed by atoms with Crippen molar-refractivity contribution in [1.29, 1.82) is 0 Å². The largest absolute Gasteiger partial charge is 0.352 e. The average molecular weight is 306 g/mol. The van der Waals surface area contributed by atoms with Crippen LogP contribution in [0.3, 0.4) is 0 Å². The molecule has 1 aromatic carbocycles. The van der Waals surface area contributed by atoms with E-state index in [0.717, 1.165) is 5.56 Å². The first-order valence-corrected chi connectivity index (χ1v) is 8.47. The fraction of sp³-hybridized carbons (Fsp3) is 0.438. The van der Waals surface area contributed by atoms with Crippen LogP contribution in [-0.2, 0) is 10.8 Å². The molecular weight excluding hydrogens is 284 g/mol. The number of nitrogens with two attached hydrogens (primary N) is 1. The van der Waals surface area contributed by atoms with E-state index in [9.17, 15) is 9.00 Å². The number of hydrogen-bond donors (Lipinski definition) is 2. The first-order valence-electron chi connectivity index (χ1n) is 6.85. The van der Waals surface area contributed by atoms with Gasteiger partial charge in [0.1, 0.15) is 0 Å². The SMILES string of the molecule is Cc1ccc(C(=O)NCCC(C)S(C)=O)c(C#CCN)c1. The number of hydrogen-bond acceptors (Lipinski definition) is 3. The second-order valence-electron chi connectivity index (χ2n) is 4.91. The molecule has 0 radical (unpaired) electrons. The Balaban J connectivity index is 2.76. The van der Waals surface area contributed by atoms with Gasteiger partial charge in [-0.25, -0.2) is 0 Å². The van der Waals surface area contributed by atoms with Crippen molar-refractivity contribution in [1.82, 2.24) is 5.32 Å². The quantitative estimate of drug-likeness (QED) is 0.803. The van der Waals surface area contributed by atoms with Crippen molar-refractivity contribution in [3.63, 3.8) is 0 Å². The van der Waals surface area contributed by atoms with E-state index in [1.165, 1.54) is 0 Å². The molecule has 2 atom stereocenters. The third kappa shape index (κ3) is 5.70. The molecule has 0 aromatic heterocycles. The van der Waals surface area contributed by atoms with Gasteiger partial charge in [0.2, 0.25) is 0 Å². The summed E-state index contributed by atoms with van der Waals surface area (Å²) >= 11 is 0. The number of rotatable bonds is 5. The molecular formula is C16H22N2O2S. The maximum absolute atomic E-state index is 12.2. The molecule has 0 fully saturated rings. The summed E-state index contributed by atoms with van der Waals surface area (Å²) in [7, 11) is -0.869. The van der Waals surface area contributed by atoms with Gasteiger partial charge in [0.25, 0.3) is 5.91 Å². The number of carbonyl (C=O) groups excluding carboxylic acids is 1. The van der Waals surface area contributed by atoms with Gasteiger partial charge in [-0.15, -0.1) is 0 Å². The molecule has 1 aromatic rings. The van der Waals surface area contributed by atoms with E-state index >= 15 is 0 Å². The van der Waals surface area contributed by atoms with Gasteiger partial charge in [-0.05, 0) is 31.0 Å². The maximum atomic E-state index is 12.2. The van der Waals surface area contributed by atoms with Gasteiger partial charge in [-0.1, -0.05) is 24.8 Å². The van der Waals surface area contributed by atoms with Crippen LogP contribution in [-0.4, -0.2) is 34.7 Å². The van der Waals surface area contributed by atoms with E-state index in [1.54, 1.807) is 12.3 Å². The molecule has 0 aliphatic heterocycles. The number of carbonyl (C=O) groups is 1. The maximum Gasteiger partial charge on any atom is 0.252 e. The first-order chi connectivity index (χ1) is 9.95. The molecule has 0 spiro atoms. The van der Waals surface area contributed by atoms with Crippen molar-refractivity contribution in [3.05, 3.63) is 34.9 Å². The summed E-state index contributed by atoms with van der Waals surface area (Å²) in [5.41, 5.74) is 7.66. The standard InChI is InChI=1S/C16H22N2O2S/c1-12-6-7-15(14(11-12)5-4-9-17)16(19)18-10-8-13(2)21(3)20/h6-7,11,13H,8-10,17H2,1-3H3,(H,18,19). The Labute approximate surface area is 129 Å². The summed E-state index contributed by atoms with van der Waals surface area (Å²) in [5, 5.41) is 2.92. The Morgan fingerprint density at radius 3 is 2.81 bits per heavy atom. The van der Waals surface area contributed by atoms with Gasteiger partial charge in [0, 0.05) is 34.4 Å². The molecule has 0 bridgehead atoms. The summed E-state index contributed by atoms with van der Waals surface area (Å²) < 4.78 is 11.3. The molecule has 21 heavy (non-hydrogen) atoms. The van der Waals surface area contributed by atoms with Crippen molar-refractivity contribution >= 4 is 16.7 Å². The van der Waals surface area contributed by atoms with Crippen LogP contribution in [0.5, 0.6) is 0 Å². The van der Waals surface area contributed by atoms with Crippen LogP contribution in [0.2, 0.25) is 0 Å². The van der Waals surface area contributed by atoms with Crippen LogP contribution in [0.1, 0.15) is 34.8 Å². The number of amides is 1. The topological polar surface area (TPSA) is 72.2 Å². The van der Waals surface area contributed by atoms with Gasteiger partial charge in [0.15, 0.2) is 0 Å². The molecule has 3 N–H and O–H groups in total. The molecule has 0 heterocycles. The highest BCUT2D eigenvalue weighted by Crippen LogP contribution is 2.11. The van der Waals surface area contributed by atoms with E-state index in [4.69, 9.17) is 5.73 Å². The van der Waals surface area contributed by atoms with Crippen LogP contribution in [0, 0.1) is 18.8 Å². The van der Waals surface area contributed by atoms with E-state index in [2.05, 4.69) is 17.2 Å².